The van der Waals surface area contributed by atoms with Crippen molar-refractivity contribution in [3.05, 3.63) is 47.5 Å². The van der Waals surface area contributed by atoms with E-state index in [1.54, 1.807) is 12.1 Å². The van der Waals surface area contributed by atoms with E-state index in [4.69, 9.17) is 10.2 Å². The molecule has 0 aliphatic carbocycles. The van der Waals surface area contributed by atoms with E-state index < -0.39 is 11.9 Å². The van der Waals surface area contributed by atoms with E-state index in [2.05, 4.69) is 4.98 Å². The summed E-state index contributed by atoms with van der Waals surface area (Å²) in [5.74, 6) is -2.63. The third-order valence-electron chi connectivity index (χ3n) is 3.24. The van der Waals surface area contributed by atoms with Gasteiger partial charge in [-0.3, -0.25) is 0 Å². The van der Waals surface area contributed by atoms with Gasteiger partial charge in [0.15, 0.2) is 0 Å². The number of nitrogens with zero attached hydrogens (tertiary/aromatic N) is 1. The van der Waals surface area contributed by atoms with Crippen molar-refractivity contribution in [1.82, 2.24) is 4.98 Å². The average Bonchev–Trinajstić information content (AvgIpc) is 2.45. The van der Waals surface area contributed by atoms with Gasteiger partial charge in [0.25, 0.3) is 0 Å². The standard InChI is InChI=1S/C15H9NO5/c17-13-9(15(20)21)3-4-11-10(13)5-7-1-2-8(14(18)19)6-12(7)16-11/h1-6,17H,(H,18,19)(H,20,21). The molecule has 3 N–H and O–H groups in total. The minimum atomic E-state index is -1.23. The maximum absolute atomic E-state index is 11.0. The fourth-order valence-electron chi connectivity index (χ4n) is 2.19. The van der Waals surface area contributed by atoms with Crippen LogP contribution in [0.4, 0.5) is 0 Å². The predicted octanol–water partition coefficient (Wildman–Crippen LogP) is 2.49. The minimum absolute atomic E-state index is 0.112. The molecule has 1 heterocycles. The van der Waals surface area contributed by atoms with E-state index >= 15 is 0 Å². The number of rotatable bonds is 2. The lowest BCUT2D eigenvalue weighted by Crippen LogP contribution is -1.98. The Morgan fingerprint density at radius 1 is 0.905 bits per heavy atom. The first-order valence-electron chi connectivity index (χ1n) is 6.00. The maximum atomic E-state index is 11.0. The third-order valence-corrected chi connectivity index (χ3v) is 3.24. The summed E-state index contributed by atoms with van der Waals surface area (Å²) in [5.41, 5.74) is 0.768. The van der Waals surface area contributed by atoms with Crippen LogP contribution in [0.1, 0.15) is 20.7 Å². The molecule has 1 aromatic heterocycles. The summed E-state index contributed by atoms with van der Waals surface area (Å²) in [6, 6.07) is 8.75. The highest BCUT2D eigenvalue weighted by Gasteiger charge is 2.14. The first kappa shape index (κ1) is 12.9. The van der Waals surface area contributed by atoms with Crippen molar-refractivity contribution >= 4 is 33.7 Å². The lowest BCUT2D eigenvalue weighted by atomic mass is 10.1. The molecule has 3 aromatic rings. The number of hydrogen-bond donors (Lipinski definition) is 3. The molecule has 0 aliphatic heterocycles. The van der Waals surface area contributed by atoms with Gasteiger partial charge in [-0.15, -0.1) is 0 Å². The smallest absolute Gasteiger partial charge is 0.339 e. The Morgan fingerprint density at radius 2 is 1.67 bits per heavy atom. The quantitative estimate of drug-likeness (QED) is 0.623. The largest absolute Gasteiger partial charge is 0.506 e. The summed E-state index contributed by atoms with van der Waals surface area (Å²) < 4.78 is 0. The van der Waals surface area contributed by atoms with Crippen molar-refractivity contribution in [2.24, 2.45) is 0 Å². The molecular formula is C15H9NO5. The van der Waals surface area contributed by atoms with Crippen molar-refractivity contribution in [2.75, 3.05) is 0 Å². The molecule has 104 valence electrons. The van der Waals surface area contributed by atoms with Gasteiger partial charge < -0.3 is 15.3 Å². The van der Waals surface area contributed by atoms with E-state index in [0.717, 1.165) is 0 Å². The SMILES string of the molecule is O=C(O)c1ccc2cc3c(O)c(C(=O)O)ccc3nc2c1. The molecule has 0 saturated heterocycles. The van der Waals surface area contributed by atoms with Gasteiger partial charge in [0.1, 0.15) is 11.3 Å². The molecule has 6 nitrogen and oxygen atoms in total. The lowest BCUT2D eigenvalue weighted by molar-refractivity contribution is 0.0684. The normalized spacial score (nSPS) is 10.9. The number of fused-ring (bicyclic) bond motifs is 2. The maximum Gasteiger partial charge on any atom is 0.339 e. The van der Waals surface area contributed by atoms with E-state index in [0.29, 0.717) is 21.8 Å². The Labute approximate surface area is 117 Å². The molecule has 0 atom stereocenters. The zero-order valence-corrected chi connectivity index (χ0v) is 10.6. The van der Waals surface area contributed by atoms with Gasteiger partial charge in [0.2, 0.25) is 0 Å². The van der Waals surface area contributed by atoms with Crippen LogP contribution < -0.4 is 0 Å². The molecule has 3 rings (SSSR count). The zero-order chi connectivity index (χ0) is 15.1. The van der Waals surface area contributed by atoms with E-state index in [9.17, 15) is 14.7 Å². The topological polar surface area (TPSA) is 108 Å². The molecule has 0 saturated carbocycles. The number of carboxylic acid groups (broad SMARTS) is 2. The number of carboxylic acids is 2. The summed E-state index contributed by atoms with van der Waals surface area (Å²) >= 11 is 0. The summed E-state index contributed by atoms with van der Waals surface area (Å²) in [5, 5.41) is 28.9. The second-order valence-electron chi connectivity index (χ2n) is 4.53. The van der Waals surface area contributed by atoms with Crippen LogP contribution in [0, 0.1) is 0 Å². The van der Waals surface area contributed by atoms with E-state index in [1.165, 1.54) is 24.3 Å². The van der Waals surface area contributed by atoms with Crippen molar-refractivity contribution in [1.29, 1.82) is 0 Å². The molecule has 0 amide bonds. The molecule has 0 spiro atoms. The van der Waals surface area contributed by atoms with Crippen LogP contribution >= 0.6 is 0 Å². The Morgan fingerprint density at radius 3 is 2.33 bits per heavy atom. The van der Waals surface area contributed by atoms with Crippen molar-refractivity contribution in [3.63, 3.8) is 0 Å². The van der Waals surface area contributed by atoms with Gasteiger partial charge in [-0.25, -0.2) is 14.6 Å². The van der Waals surface area contributed by atoms with E-state index in [1.807, 2.05) is 0 Å². The predicted molar refractivity (Wildman–Crippen MR) is 74.8 cm³/mol. The van der Waals surface area contributed by atoms with Crippen LogP contribution in [-0.2, 0) is 0 Å². The molecule has 0 aliphatic rings. The second-order valence-corrected chi connectivity index (χ2v) is 4.53. The molecule has 0 fully saturated rings. The van der Waals surface area contributed by atoms with Crippen LogP contribution in [0.25, 0.3) is 21.8 Å². The van der Waals surface area contributed by atoms with Gasteiger partial charge >= 0.3 is 11.9 Å². The fourth-order valence-corrected chi connectivity index (χ4v) is 2.19. The van der Waals surface area contributed by atoms with Crippen LogP contribution in [0.3, 0.4) is 0 Å². The summed E-state index contributed by atoms with van der Waals surface area (Å²) in [6.45, 7) is 0. The van der Waals surface area contributed by atoms with Crippen LogP contribution in [-0.4, -0.2) is 32.2 Å². The lowest BCUT2D eigenvalue weighted by Gasteiger charge is -2.06. The second kappa shape index (κ2) is 4.45. The first-order chi connectivity index (χ1) is 9.97. The summed E-state index contributed by atoms with van der Waals surface area (Å²) in [6.07, 6.45) is 0. The highest BCUT2D eigenvalue weighted by Crippen LogP contribution is 2.30. The fraction of sp³-hybridized carbons (Fsp3) is 0. The zero-order valence-electron chi connectivity index (χ0n) is 10.6. The number of pyridine rings is 1. The highest BCUT2D eigenvalue weighted by atomic mass is 16.4. The van der Waals surface area contributed by atoms with Crippen molar-refractivity contribution in [2.45, 2.75) is 0 Å². The van der Waals surface area contributed by atoms with Crippen LogP contribution in [0.2, 0.25) is 0 Å². The van der Waals surface area contributed by atoms with Gasteiger partial charge in [0.05, 0.1) is 16.6 Å². The highest BCUT2D eigenvalue weighted by molar-refractivity contribution is 6.03. The van der Waals surface area contributed by atoms with Crippen LogP contribution in [0.15, 0.2) is 36.4 Å². The molecular weight excluding hydrogens is 274 g/mol. The van der Waals surface area contributed by atoms with E-state index in [-0.39, 0.29) is 16.9 Å². The molecule has 0 bridgehead atoms. The number of aromatic nitrogens is 1. The summed E-state index contributed by atoms with van der Waals surface area (Å²) in [7, 11) is 0. The minimum Gasteiger partial charge on any atom is -0.506 e. The third kappa shape index (κ3) is 2.02. The number of carbonyl (C=O) groups is 2. The molecule has 0 unspecified atom stereocenters. The number of aromatic carboxylic acids is 2. The number of benzene rings is 2. The monoisotopic (exact) mass is 283 g/mol. The van der Waals surface area contributed by atoms with Crippen molar-refractivity contribution < 1.29 is 24.9 Å². The van der Waals surface area contributed by atoms with Crippen molar-refractivity contribution in [3.8, 4) is 5.75 Å². The number of hydrogen-bond acceptors (Lipinski definition) is 4. The first-order valence-corrected chi connectivity index (χ1v) is 6.00. The van der Waals surface area contributed by atoms with Gasteiger partial charge in [-0.1, -0.05) is 6.07 Å². The number of aromatic hydroxyl groups is 1. The van der Waals surface area contributed by atoms with Crippen LogP contribution in [0.5, 0.6) is 5.75 Å². The van der Waals surface area contributed by atoms with Gasteiger partial charge in [-0.2, -0.15) is 0 Å². The Bertz CT molecular complexity index is 917. The average molecular weight is 283 g/mol. The molecule has 21 heavy (non-hydrogen) atoms. The molecule has 6 heteroatoms. The Kier molecular flexibility index (Phi) is 2.72. The van der Waals surface area contributed by atoms with Gasteiger partial charge in [-0.05, 0) is 30.3 Å². The van der Waals surface area contributed by atoms with Gasteiger partial charge in [0, 0.05) is 10.8 Å². The molecule has 0 radical (unpaired) electrons. The Hall–Kier alpha value is -3.15. The number of phenols is 1. The Balaban J connectivity index is 2.34. The summed E-state index contributed by atoms with van der Waals surface area (Å²) in [4.78, 5) is 26.2. The molecule has 2 aromatic carbocycles.